The summed E-state index contributed by atoms with van der Waals surface area (Å²) >= 11 is 0. The highest BCUT2D eigenvalue weighted by Gasteiger charge is 2.30. The van der Waals surface area contributed by atoms with Gasteiger partial charge in [-0.1, -0.05) is 12.8 Å². The second-order valence-corrected chi connectivity index (χ2v) is 7.21. The normalized spacial score (nSPS) is 22.7. The molecule has 0 bridgehead atoms. The van der Waals surface area contributed by atoms with Gasteiger partial charge in [-0.15, -0.1) is 10.2 Å². The maximum atomic E-state index is 4.66. The maximum Gasteiger partial charge on any atom is 0.146 e. The van der Waals surface area contributed by atoms with Crippen LogP contribution in [0.1, 0.15) is 74.9 Å². The molecule has 1 unspecified atom stereocenters. The number of piperidine rings is 1. The van der Waals surface area contributed by atoms with Crippen LogP contribution in [0.3, 0.4) is 0 Å². The van der Waals surface area contributed by atoms with Crippen molar-refractivity contribution in [2.24, 2.45) is 7.05 Å². The second kappa shape index (κ2) is 6.67. The van der Waals surface area contributed by atoms with Gasteiger partial charge in [-0.3, -0.25) is 4.90 Å². The van der Waals surface area contributed by atoms with Gasteiger partial charge in [-0.25, -0.2) is 4.98 Å². The molecular formula is C18H28N6. The first-order valence-corrected chi connectivity index (χ1v) is 9.41. The van der Waals surface area contributed by atoms with Crippen LogP contribution in [-0.2, 0) is 20.1 Å². The predicted octanol–water partition coefficient (Wildman–Crippen LogP) is 3.03. The van der Waals surface area contributed by atoms with E-state index in [0.29, 0.717) is 12.0 Å². The lowest BCUT2D eigenvalue weighted by Gasteiger charge is -2.35. The molecule has 2 aliphatic rings. The van der Waals surface area contributed by atoms with Crippen molar-refractivity contribution in [2.75, 3.05) is 6.54 Å². The molecule has 1 saturated carbocycles. The van der Waals surface area contributed by atoms with Gasteiger partial charge in [0.05, 0.1) is 12.6 Å². The topological polar surface area (TPSA) is 51.8 Å². The SMILES string of the molecule is CCn1ccnc1C1CCCCN1Cc1nnc(C2CCC2)n1C. The Morgan fingerprint density at radius 2 is 1.96 bits per heavy atom. The summed E-state index contributed by atoms with van der Waals surface area (Å²) in [4.78, 5) is 7.21. The Balaban J connectivity index is 1.54. The monoisotopic (exact) mass is 328 g/mol. The van der Waals surface area contributed by atoms with Gasteiger partial charge in [0, 0.05) is 31.9 Å². The van der Waals surface area contributed by atoms with Gasteiger partial charge in [-0.05, 0) is 39.2 Å². The van der Waals surface area contributed by atoms with Crippen molar-refractivity contribution in [3.8, 4) is 0 Å². The Morgan fingerprint density at radius 3 is 2.71 bits per heavy atom. The Kier molecular flexibility index (Phi) is 4.39. The van der Waals surface area contributed by atoms with E-state index in [0.717, 1.165) is 25.5 Å². The van der Waals surface area contributed by atoms with E-state index in [4.69, 9.17) is 0 Å². The molecule has 6 heteroatoms. The van der Waals surface area contributed by atoms with Crippen LogP contribution < -0.4 is 0 Å². The standard InChI is InChI=1S/C18H28N6/c1-3-23-12-10-19-18(23)15-9-4-5-11-24(15)13-16-20-21-17(22(16)2)14-7-6-8-14/h10,12,14-15H,3-9,11,13H2,1-2H3. The van der Waals surface area contributed by atoms with Crippen molar-refractivity contribution in [3.05, 3.63) is 29.9 Å². The molecule has 6 nitrogen and oxygen atoms in total. The lowest BCUT2D eigenvalue weighted by Crippen LogP contribution is -2.35. The molecule has 1 saturated heterocycles. The first kappa shape index (κ1) is 15.8. The third kappa shape index (κ3) is 2.77. The summed E-state index contributed by atoms with van der Waals surface area (Å²) in [6, 6.07) is 0.401. The number of nitrogens with zero attached hydrogens (tertiary/aromatic N) is 6. The number of aromatic nitrogens is 5. The van der Waals surface area contributed by atoms with Crippen LogP contribution in [0.5, 0.6) is 0 Å². The number of hydrogen-bond donors (Lipinski definition) is 0. The van der Waals surface area contributed by atoms with Crippen molar-refractivity contribution in [2.45, 2.75) is 70.5 Å². The average molecular weight is 328 g/mol. The van der Waals surface area contributed by atoms with E-state index >= 15 is 0 Å². The maximum absolute atomic E-state index is 4.66. The zero-order chi connectivity index (χ0) is 16.5. The van der Waals surface area contributed by atoms with Crippen LogP contribution in [-0.4, -0.2) is 35.8 Å². The van der Waals surface area contributed by atoms with Crippen LogP contribution >= 0.6 is 0 Å². The van der Waals surface area contributed by atoms with Gasteiger partial charge >= 0.3 is 0 Å². The molecule has 0 aromatic carbocycles. The van der Waals surface area contributed by atoms with Gasteiger partial charge in [-0.2, -0.15) is 0 Å². The van der Waals surface area contributed by atoms with Crippen molar-refractivity contribution in [3.63, 3.8) is 0 Å². The molecule has 24 heavy (non-hydrogen) atoms. The largest absolute Gasteiger partial charge is 0.334 e. The molecule has 1 aliphatic heterocycles. The number of imidazole rings is 1. The zero-order valence-electron chi connectivity index (χ0n) is 14.9. The van der Waals surface area contributed by atoms with Crippen LogP contribution in [0.4, 0.5) is 0 Å². The summed E-state index contributed by atoms with van der Waals surface area (Å²) in [7, 11) is 2.13. The van der Waals surface area contributed by atoms with E-state index in [-0.39, 0.29) is 0 Å². The van der Waals surface area contributed by atoms with E-state index in [2.05, 4.69) is 49.4 Å². The van der Waals surface area contributed by atoms with Crippen LogP contribution in [0, 0.1) is 0 Å². The second-order valence-electron chi connectivity index (χ2n) is 7.21. The molecule has 2 aromatic rings. The lowest BCUT2D eigenvalue weighted by molar-refractivity contribution is 0.126. The van der Waals surface area contributed by atoms with Crippen LogP contribution in [0.25, 0.3) is 0 Å². The van der Waals surface area contributed by atoms with Crippen molar-refractivity contribution in [1.82, 2.24) is 29.2 Å². The number of likely N-dealkylation sites (tertiary alicyclic amines) is 1. The predicted molar refractivity (Wildman–Crippen MR) is 92.5 cm³/mol. The van der Waals surface area contributed by atoms with Crippen LogP contribution in [0.2, 0.25) is 0 Å². The highest BCUT2D eigenvalue weighted by atomic mass is 15.3. The molecule has 0 amide bonds. The molecule has 3 heterocycles. The van der Waals surface area contributed by atoms with Gasteiger partial charge in [0.25, 0.3) is 0 Å². The smallest absolute Gasteiger partial charge is 0.146 e. The fourth-order valence-corrected chi connectivity index (χ4v) is 4.07. The van der Waals surface area contributed by atoms with Gasteiger partial charge in [0.15, 0.2) is 0 Å². The molecule has 0 N–H and O–H groups in total. The number of rotatable bonds is 5. The summed E-state index contributed by atoms with van der Waals surface area (Å²) in [5.74, 6) is 4.12. The summed E-state index contributed by atoms with van der Waals surface area (Å²) in [5.41, 5.74) is 0. The number of hydrogen-bond acceptors (Lipinski definition) is 4. The van der Waals surface area contributed by atoms with Gasteiger partial charge < -0.3 is 9.13 Å². The van der Waals surface area contributed by atoms with Crippen LogP contribution in [0.15, 0.2) is 12.4 Å². The first-order valence-electron chi connectivity index (χ1n) is 9.41. The fraction of sp³-hybridized carbons (Fsp3) is 0.722. The van der Waals surface area contributed by atoms with Crippen molar-refractivity contribution < 1.29 is 0 Å². The minimum atomic E-state index is 0.401. The van der Waals surface area contributed by atoms with Gasteiger partial charge in [0.1, 0.15) is 17.5 Å². The molecular weight excluding hydrogens is 300 g/mol. The molecule has 2 fully saturated rings. The quantitative estimate of drug-likeness (QED) is 0.846. The highest BCUT2D eigenvalue weighted by Crippen LogP contribution is 2.36. The molecule has 2 aromatic heterocycles. The lowest BCUT2D eigenvalue weighted by atomic mass is 9.85. The van der Waals surface area contributed by atoms with Crippen molar-refractivity contribution in [1.29, 1.82) is 0 Å². The Hall–Kier alpha value is -1.69. The summed E-state index contributed by atoms with van der Waals surface area (Å²) in [5, 5.41) is 9.01. The third-order valence-corrected chi connectivity index (χ3v) is 5.81. The van der Waals surface area contributed by atoms with E-state index < -0.39 is 0 Å². The Morgan fingerprint density at radius 1 is 1.08 bits per heavy atom. The third-order valence-electron chi connectivity index (χ3n) is 5.81. The highest BCUT2D eigenvalue weighted by molar-refractivity contribution is 5.07. The van der Waals surface area contributed by atoms with E-state index in [1.54, 1.807) is 0 Å². The first-order chi connectivity index (χ1) is 11.8. The molecule has 130 valence electrons. The Bertz CT molecular complexity index is 683. The average Bonchev–Trinajstić information content (AvgIpc) is 3.15. The summed E-state index contributed by atoms with van der Waals surface area (Å²) in [6.07, 6.45) is 11.6. The summed E-state index contributed by atoms with van der Waals surface area (Å²) < 4.78 is 4.52. The molecule has 1 atom stereocenters. The zero-order valence-corrected chi connectivity index (χ0v) is 14.9. The molecule has 0 spiro atoms. The Labute approximate surface area is 143 Å². The summed E-state index contributed by atoms with van der Waals surface area (Å²) in [6.45, 7) is 5.16. The minimum absolute atomic E-state index is 0.401. The van der Waals surface area contributed by atoms with Crippen molar-refractivity contribution >= 4 is 0 Å². The van der Waals surface area contributed by atoms with E-state index in [1.807, 2.05) is 6.20 Å². The minimum Gasteiger partial charge on any atom is -0.334 e. The van der Waals surface area contributed by atoms with E-state index in [1.165, 1.54) is 50.2 Å². The molecule has 4 rings (SSSR count). The molecule has 1 aliphatic carbocycles. The fourth-order valence-electron chi connectivity index (χ4n) is 4.07. The van der Waals surface area contributed by atoms with Gasteiger partial charge in [0.2, 0.25) is 0 Å². The number of aryl methyl sites for hydroxylation is 1. The van der Waals surface area contributed by atoms with E-state index in [9.17, 15) is 0 Å². The molecule has 0 radical (unpaired) electrons.